The van der Waals surface area contributed by atoms with Crippen molar-refractivity contribution in [1.82, 2.24) is 24.9 Å². The van der Waals surface area contributed by atoms with Crippen LogP contribution in [0.15, 0.2) is 49.1 Å². The van der Waals surface area contributed by atoms with E-state index >= 15 is 0 Å². The van der Waals surface area contributed by atoms with E-state index in [0.29, 0.717) is 23.9 Å². The monoisotopic (exact) mass is 263 g/mol. The number of nitrogens with zero attached hydrogens (tertiary/aromatic N) is 5. The summed E-state index contributed by atoms with van der Waals surface area (Å²) in [6, 6.07) is 10.1. The predicted molar refractivity (Wildman–Crippen MR) is 74.8 cm³/mol. The van der Waals surface area contributed by atoms with Crippen LogP contribution in [-0.4, -0.2) is 24.9 Å². The van der Waals surface area contributed by atoms with Gasteiger partial charge in [-0.1, -0.05) is 29.8 Å². The maximum absolute atomic E-state index is 4.41. The lowest BCUT2D eigenvalue weighted by Crippen LogP contribution is -2.02. The molecule has 20 heavy (non-hydrogen) atoms. The van der Waals surface area contributed by atoms with Crippen LogP contribution >= 0.6 is 0 Å². The SMILES string of the molecule is Cc1ccc(Cc2ncnc(-c3ncccn3)n2)cc1. The van der Waals surface area contributed by atoms with Crippen molar-refractivity contribution in [3.63, 3.8) is 0 Å². The van der Waals surface area contributed by atoms with Crippen molar-refractivity contribution in [2.75, 3.05) is 0 Å². The van der Waals surface area contributed by atoms with E-state index in [0.717, 1.165) is 0 Å². The van der Waals surface area contributed by atoms with Crippen molar-refractivity contribution in [3.05, 3.63) is 66.0 Å². The Hall–Kier alpha value is -2.69. The molecule has 0 saturated carbocycles. The van der Waals surface area contributed by atoms with Crippen LogP contribution in [0.25, 0.3) is 11.6 Å². The average Bonchev–Trinajstić information content (AvgIpc) is 2.51. The van der Waals surface area contributed by atoms with E-state index < -0.39 is 0 Å². The molecule has 3 rings (SSSR count). The second kappa shape index (κ2) is 5.52. The summed E-state index contributed by atoms with van der Waals surface area (Å²) in [6.07, 6.45) is 5.52. The Bertz CT molecular complexity index is 695. The van der Waals surface area contributed by atoms with Crippen molar-refractivity contribution >= 4 is 0 Å². The Labute approximate surface area is 116 Å². The highest BCUT2D eigenvalue weighted by Gasteiger charge is 2.06. The summed E-state index contributed by atoms with van der Waals surface area (Å²) in [4.78, 5) is 21.0. The number of rotatable bonds is 3. The van der Waals surface area contributed by atoms with Gasteiger partial charge in [-0.2, -0.15) is 0 Å². The van der Waals surface area contributed by atoms with E-state index in [-0.39, 0.29) is 0 Å². The second-order valence-electron chi connectivity index (χ2n) is 4.46. The number of hydrogen-bond donors (Lipinski definition) is 0. The van der Waals surface area contributed by atoms with Crippen molar-refractivity contribution in [2.45, 2.75) is 13.3 Å². The molecule has 5 heteroatoms. The van der Waals surface area contributed by atoms with Crippen LogP contribution in [0.1, 0.15) is 17.0 Å². The molecule has 98 valence electrons. The van der Waals surface area contributed by atoms with Gasteiger partial charge in [-0.3, -0.25) is 0 Å². The molecule has 2 heterocycles. The van der Waals surface area contributed by atoms with Crippen LogP contribution in [-0.2, 0) is 6.42 Å². The molecule has 1 aromatic carbocycles. The Morgan fingerprint density at radius 3 is 2.35 bits per heavy atom. The fourth-order valence-corrected chi connectivity index (χ4v) is 1.83. The molecule has 2 aromatic heterocycles. The summed E-state index contributed by atoms with van der Waals surface area (Å²) < 4.78 is 0. The highest BCUT2D eigenvalue weighted by Crippen LogP contribution is 2.10. The lowest BCUT2D eigenvalue weighted by molar-refractivity contribution is 0.912. The molecule has 5 nitrogen and oxygen atoms in total. The Morgan fingerprint density at radius 1 is 0.850 bits per heavy atom. The van der Waals surface area contributed by atoms with Gasteiger partial charge in [-0.15, -0.1) is 0 Å². The molecular weight excluding hydrogens is 250 g/mol. The smallest absolute Gasteiger partial charge is 0.200 e. The Balaban J connectivity index is 1.86. The third-order valence-corrected chi connectivity index (χ3v) is 2.87. The summed E-state index contributed by atoms with van der Waals surface area (Å²) in [5, 5.41) is 0. The van der Waals surface area contributed by atoms with Crippen molar-refractivity contribution in [1.29, 1.82) is 0 Å². The lowest BCUT2D eigenvalue weighted by Gasteiger charge is -2.03. The minimum Gasteiger partial charge on any atom is -0.234 e. The molecule has 0 atom stereocenters. The molecular formula is C15H13N5. The first kappa shape index (κ1) is 12.3. The highest BCUT2D eigenvalue weighted by molar-refractivity contribution is 5.41. The number of hydrogen-bond acceptors (Lipinski definition) is 5. The zero-order chi connectivity index (χ0) is 13.8. The maximum Gasteiger partial charge on any atom is 0.200 e. The second-order valence-corrected chi connectivity index (χ2v) is 4.46. The third kappa shape index (κ3) is 2.83. The minimum absolute atomic E-state index is 0.503. The number of benzene rings is 1. The molecule has 0 unspecified atom stereocenters. The van der Waals surface area contributed by atoms with Gasteiger partial charge in [0.15, 0.2) is 5.82 Å². The molecule has 0 amide bonds. The van der Waals surface area contributed by atoms with Crippen molar-refractivity contribution in [3.8, 4) is 11.6 Å². The van der Waals surface area contributed by atoms with E-state index in [4.69, 9.17) is 0 Å². The van der Waals surface area contributed by atoms with E-state index in [2.05, 4.69) is 56.1 Å². The largest absolute Gasteiger partial charge is 0.234 e. The van der Waals surface area contributed by atoms with Gasteiger partial charge in [0, 0.05) is 18.8 Å². The number of aromatic nitrogens is 5. The molecule has 0 spiro atoms. The zero-order valence-electron chi connectivity index (χ0n) is 11.1. The van der Waals surface area contributed by atoms with Crippen LogP contribution in [0.2, 0.25) is 0 Å². The predicted octanol–water partition coefficient (Wildman–Crippen LogP) is 2.23. The first-order valence-corrected chi connectivity index (χ1v) is 6.32. The minimum atomic E-state index is 0.503. The van der Waals surface area contributed by atoms with Gasteiger partial charge < -0.3 is 0 Å². The standard InChI is InChI=1S/C15H13N5/c1-11-3-5-12(6-4-11)9-13-18-10-19-15(20-13)14-16-7-2-8-17-14/h2-8,10H,9H2,1H3. The normalized spacial score (nSPS) is 10.4. The molecule has 0 aliphatic rings. The topological polar surface area (TPSA) is 64.5 Å². The molecule has 0 N–H and O–H groups in total. The van der Waals surface area contributed by atoms with Crippen LogP contribution < -0.4 is 0 Å². The summed E-state index contributed by atoms with van der Waals surface area (Å²) in [6.45, 7) is 2.07. The van der Waals surface area contributed by atoms with Gasteiger partial charge in [-0.25, -0.2) is 24.9 Å². The molecule has 0 radical (unpaired) electrons. The zero-order valence-corrected chi connectivity index (χ0v) is 11.1. The van der Waals surface area contributed by atoms with Gasteiger partial charge >= 0.3 is 0 Å². The third-order valence-electron chi connectivity index (χ3n) is 2.87. The van der Waals surface area contributed by atoms with E-state index in [1.807, 2.05) is 0 Å². The van der Waals surface area contributed by atoms with Crippen molar-refractivity contribution < 1.29 is 0 Å². The van der Waals surface area contributed by atoms with Crippen LogP contribution in [0, 0.1) is 6.92 Å². The fourth-order valence-electron chi connectivity index (χ4n) is 1.83. The summed E-state index contributed by atoms with van der Waals surface area (Å²) in [5.41, 5.74) is 2.41. The number of aryl methyl sites for hydroxylation is 1. The van der Waals surface area contributed by atoms with Crippen molar-refractivity contribution in [2.24, 2.45) is 0 Å². The summed E-state index contributed by atoms with van der Waals surface area (Å²) in [7, 11) is 0. The summed E-state index contributed by atoms with van der Waals surface area (Å²) in [5.74, 6) is 1.73. The van der Waals surface area contributed by atoms with Crippen LogP contribution in [0.5, 0.6) is 0 Å². The van der Waals surface area contributed by atoms with Gasteiger partial charge in [-0.05, 0) is 18.6 Å². The van der Waals surface area contributed by atoms with Gasteiger partial charge in [0.1, 0.15) is 12.2 Å². The van der Waals surface area contributed by atoms with E-state index in [9.17, 15) is 0 Å². The van der Waals surface area contributed by atoms with Crippen LogP contribution in [0.3, 0.4) is 0 Å². The first-order valence-electron chi connectivity index (χ1n) is 6.32. The van der Waals surface area contributed by atoms with Crippen LogP contribution in [0.4, 0.5) is 0 Å². The molecule has 0 aliphatic heterocycles. The highest BCUT2D eigenvalue weighted by atomic mass is 15.0. The first-order chi connectivity index (χ1) is 9.81. The molecule has 0 saturated heterocycles. The molecule has 0 aliphatic carbocycles. The Morgan fingerprint density at radius 2 is 1.60 bits per heavy atom. The van der Waals surface area contributed by atoms with E-state index in [1.165, 1.54) is 17.5 Å². The molecule has 0 bridgehead atoms. The van der Waals surface area contributed by atoms with Gasteiger partial charge in [0.05, 0.1) is 0 Å². The summed E-state index contributed by atoms with van der Waals surface area (Å²) >= 11 is 0. The van der Waals surface area contributed by atoms with Gasteiger partial charge in [0.25, 0.3) is 0 Å². The Kier molecular flexibility index (Phi) is 3.41. The fraction of sp³-hybridized carbons (Fsp3) is 0.133. The molecule has 3 aromatic rings. The van der Waals surface area contributed by atoms with Gasteiger partial charge in [0.2, 0.25) is 5.82 Å². The van der Waals surface area contributed by atoms with E-state index in [1.54, 1.807) is 18.5 Å². The maximum atomic E-state index is 4.41. The molecule has 0 fully saturated rings. The quantitative estimate of drug-likeness (QED) is 0.725. The average molecular weight is 263 g/mol. The lowest BCUT2D eigenvalue weighted by atomic mass is 10.1.